The number of para-hydroxylation sites is 1. The molecule has 0 aliphatic heterocycles. The topological polar surface area (TPSA) is 114 Å². The predicted molar refractivity (Wildman–Crippen MR) is 134 cm³/mol. The monoisotopic (exact) mass is 504 g/mol. The maximum absolute atomic E-state index is 13.6. The van der Waals surface area contributed by atoms with Crippen molar-refractivity contribution in [3.05, 3.63) is 83.9 Å². The van der Waals surface area contributed by atoms with Crippen molar-refractivity contribution in [2.45, 2.75) is 31.4 Å². The molecule has 8 nitrogen and oxygen atoms in total. The van der Waals surface area contributed by atoms with Crippen LogP contribution >= 0.6 is 7.60 Å². The first-order valence-corrected chi connectivity index (χ1v) is 13.9. The summed E-state index contributed by atoms with van der Waals surface area (Å²) in [6.45, 7) is 5.61. The number of hydrogen-bond acceptors (Lipinski definition) is 7. The number of benzene rings is 3. The molecule has 3 aromatic carbocycles. The van der Waals surface area contributed by atoms with Crippen LogP contribution in [0.25, 0.3) is 0 Å². The second kappa shape index (κ2) is 11.1. The van der Waals surface area contributed by atoms with Gasteiger partial charge in [-0.1, -0.05) is 35.9 Å². The van der Waals surface area contributed by atoms with Crippen LogP contribution in [-0.2, 0) is 23.6 Å². The first kappa shape index (κ1) is 25.8. The molecular weight excluding hydrogens is 475 g/mol. The standard InChI is InChI=1S/C24H29N2O6PS/c1-4-31-33(28,32-5-2)24(22-8-6-7-9-23(22)27)25-19-14-16-21(17-15-19)34(29,30)26-20-12-10-18(3)11-13-20/h6-17,24-27H,4-5H2,1-3H3. The second-order valence-electron chi connectivity index (χ2n) is 7.48. The number of phenols is 1. The van der Waals surface area contributed by atoms with Crippen LogP contribution in [0.15, 0.2) is 77.7 Å². The van der Waals surface area contributed by atoms with Gasteiger partial charge in [0.1, 0.15) is 5.75 Å². The summed E-state index contributed by atoms with van der Waals surface area (Å²) in [7, 11) is -7.54. The van der Waals surface area contributed by atoms with E-state index in [0.717, 1.165) is 5.56 Å². The third-order valence-corrected chi connectivity index (χ3v) is 8.61. The van der Waals surface area contributed by atoms with Gasteiger partial charge in [-0.2, -0.15) is 0 Å². The van der Waals surface area contributed by atoms with E-state index in [0.29, 0.717) is 16.9 Å². The fourth-order valence-electron chi connectivity index (χ4n) is 3.32. The summed E-state index contributed by atoms with van der Waals surface area (Å²) < 4.78 is 52.7. The lowest BCUT2D eigenvalue weighted by Gasteiger charge is -2.28. The van der Waals surface area contributed by atoms with Gasteiger partial charge in [-0.3, -0.25) is 9.29 Å². The van der Waals surface area contributed by atoms with Crippen LogP contribution in [0.4, 0.5) is 11.4 Å². The van der Waals surface area contributed by atoms with Gasteiger partial charge in [-0.25, -0.2) is 8.42 Å². The number of rotatable bonds is 11. The van der Waals surface area contributed by atoms with Crippen LogP contribution in [0.1, 0.15) is 30.8 Å². The lowest BCUT2D eigenvalue weighted by Crippen LogP contribution is -2.16. The van der Waals surface area contributed by atoms with Crippen molar-refractivity contribution in [1.82, 2.24) is 0 Å². The van der Waals surface area contributed by atoms with E-state index >= 15 is 0 Å². The molecule has 0 saturated carbocycles. The van der Waals surface area contributed by atoms with Gasteiger partial charge in [0.05, 0.1) is 18.1 Å². The first-order chi connectivity index (χ1) is 16.2. The number of hydrogen-bond donors (Lipinski definition) is 3. The zero-order valence-corrected chi connectivity index (χ0v) is 21.0. The number of sulfonamides is 1. The molecule has 0 radical (unpaired) electrons. The summed E-state index contributed by atoms with van der Waals surface area (Å²) in [6.07, 6.45) is 0. The van der Waals surface area contributed by atoms with E-state index in [-0.39, 0.29) is 23.9 Å². The molecule has 1 atom stereocenters. The highest BCUT2D eigenvalue weighted by molar-refractivity contribution is 7.92. The van der Waals surface area contributed by atoms with Crippen molar-refractivity contribution in [2.24, 2.45) is 0 Å². The van der Waals surface area contributed by atoms with E-state index in [4.69, 9.17) is 9.05 Å². The fraction of sp³-hybridized carbons (Fsp3) is 0.250. The average Bonchev–Trinajstić information content (AvgIpc) is 2.80. The zero-order chi connectivity index (χ0) is 24.8. The molecule has 0 spiro atoms. The molecule has 0 fully saturated rings. The minimum absolute atomic E-state index is 0.0653. The Morgan fingerprint density at radius 2 is 1.44 bits per heavy atom. The molecular formula is C24H29N2O6PS. The minimum atomic E-state index is -3.80. The van der Waals surface area contributed by atoms with Gasteiger partial charge in [-0.05, 0) is 63.2 Å². The Hall–Kier alpha value is -2.84. The molecule has 0 bridgehead atoms. The number of phenolic OH excluding ortho intramolecular Hbond substituents is 1. The average molecular weight is 505 g/mol. The third kappa shape index (κ3) is 6.18. The maximum Gasteiger partial charge on any atom is 0.357 e. The van der Waals surface area contributed by atoms with Crippen LogP contribution in [0.5, 0.6) is 5.75 Å². The molecule has 0 aliphatic carbocycles. The first-order valence-electron chi connectivity index (χ1n) is 10.8. The molecule has 34 heavy (non-hydrogen) atoms. The zero-order valence-electron chi connectivity index (χ0n) is 19.3. The molecule has 3 N–H and O–H groups in total. The summed E-state index contributed by atoms with van der Waals surface area (Å²) in [6, 6.07) is 19.5. The Labute approximate surface area is 200 Å². The van der Waals surface area contributed by atoms with Crippen molar-refractivity contribution in [3.63, 3.8) is 0 Å². The van der Waals surface area contributed by atoms with Crippen molar-refractivity contribution in [1.29, 1.82) is 0 Å². The fourth-order valence-corrected chi connectivity index (χ4v) is 6.33. The van der Waals surface area contributed by atoms with E-state index < -0.39 is 23.4 Å². The Bertz CT molecular complexity index is 1240. The van der Waals surface area contributed by atoms with E-state index in [9.17, 15) is 18.1 Å². The van der Waals surface area contributed by atoms with E-state index in [1.165, 1.54) is 18.2 Å². The third-order valence-electron chi connectivity index (χ3n) is 4.94. The van der Waals surface area contributed by atoms with E-state index in [2.05, 4.69) is 10.0 Å². The van der Waals surface area contributed by atoms with Crippen molar-refractivity contribution < 1.29 is 27.1 Å². The highest BCUT2D eigenvalue weighted by Crippen LogP contribution is 2.61. The predicted octanol–water partition coefficient (Wildman–Crippen LogP) is 5.88. The summed E-state index contributed by atoms with van der Waals surface area (Å²) in [4.78, 5) is 0.0653. The van der Waals surface area contributed by atoms with Gasteiger partial charge in [0, 0.05) is 16.9 Å². The molecule has 0 aromatic heterocycles. The molecule has 3 aromatic rings. The normalized spacial score (nSPS) is 12.8. The van der Waals surface area contributed by atoms with Crippen LogP contribution in [0.2, 0.25) is 0 Å². The van der Waals surface area contributed by atoms with Gasteiger partial charge in [0.15, 0.2) is 5.78 Å². The lowest BCUT2D eigenvalue weighted by atomic mass is 10.2. The van der Waals surface area contributed by atoms with Crippen LogP contribution < -0.4 is 10.0 Å². The maximum atomic E-state index is 13.6. The lowest BCUT2D eigenvalue weighted by molar-refractivity contribution is 0.213. The van der Waals surface area contributed by atoms with Crippen molar-refractivity contribution in [3.8, 4) is 5.75 Å². The molecule has 0 saturated heterocycles. The van der Waals surface area contributed by atoms with Gasteiger partial charge in [0.25, 0.3) is 10.0 Å². The summed E-state index contributed by atoms with van der Waals surface area (Å²) >= 11 is 0. The number of nitrogens with one attached hydrogen (secondary N) is 2. The van der Waals surface area contributed by atoms with E-state index in [1.54, 1.807) is 56.3 Å². The van der Waals surface area contributed by atoms with Crippen molar-refractivity contribution >= 4 is 29.0 Å². The molecule has 1 unspecified atom stereocenters. The van der Waals surface area contributed by atoms with Crippen LogP contribution in [0.3, 0.4) is 0 Å². The number of aromatic hydroxyl groups is 1. The highest BCUT2D eigenvalue weighted by atomic mass is 32.2. The summed E-state index contributed by atoms with van der Waals surface area (Å²) in [5, 5.41) is 13.5. The molecule has 0 heterocycles. The van der Waals surface area contributed by atoms with Crippen LogP contribution in [0, 0.1) is 6.92 Å². The Kier molecular flexibility index (Phi) is 8.38. The molecule has 0 amide bonds. The SMILES string of the molecule is CCOP(=O)(OCC)C(Nc1ccc(S(=O)(=O)Nc2ccc(C)cc2)cc1)c1ccccc1O. The van der Waals surface area contributed by atoms with Crippen LogP contribution in [-0.4, -0.2) is 26.7 Å². The Morgan fingerprint density at radius 3 is 2.00 bits per heavy atom. The minimum Gasteiger partial charge on any atom is -0.508 e. The molecule has 182 valence electrons. The van der Waals surface area contributed by atoms with Crippen molar-refractivity contribution in [2.75, 3.05) is 23.3 Å². The molecule has 10 heteroatoms. The Morgan fingerprint density at radius 1 is 0.882 bits per heavy atom. The summed E-state index contributed by atoms with van der Waals surface area (Å²) in [5.74, 6) is -1.08. The highest BCUT2D eigenvalue weighted by Gasteiger charge is 2.38. The largest absolute Gasteiger partial charge is 0.508 e. The molecule has 0 aliphatic rings. The van der Waals surface area contributed by atoms with Gasteiger partial charge < -0.3 is 19.5 Å². The van der Waals surface area contributed by atoms with Gasteiger partial charge >= 0.3 is 7.60 Å². The van der Waals surface area contributed by atoms with E-state index in [1.807, 2.05) is 19.1 Å². The number of anilines is 2. The smallest absolute Gasteiger partial charge is 0.357 e. The summed E-state index contributed by atoms with van der Waals surface area (Å²) in [5.41, 5.74) is 2.29. The Balaban J connectivity index is 1.89. The van der Waals surface area contributed by atoms with Gasteiger partial charge in [0.2, 0.25) is 0 Å². The second-order valence-corrected chi connectivity index (χ2v) is 11.3. The quantitative estimate of drug-likeness (QED) is 0.280. The van der Waals surface area contributed by atoms with Gasteiger partial charge in [-0.15, -0.1) is 0 Å². The number of aryl methyl sites for hydroxylation is 1. The molecule has 3 rings (SSSR count).